The van der Waals surface area contributed by atoms with E-state index >= 15 is 0 Å². The Morgan fingerprint density at radius 1 is 1.38 bits per heavy atom. The molecule has 3 unspecified atom stereocenters. The maximum absolute atomic E-state index is 12.4. The number of amides is 1. The largest absolute Gasteiger partial charge is 0.379 e. The highest BCUT2D eigenvalue weighted by molar-refractivity contribution is 5.80. The molecule has 0 aromatic carbocycles. The van der Waals surface area contributed by atoms with E-state index in [4.69, 9.17) is 4.74 Å². The van der Waals surface area contributed by atoms with Gasteiger partial charge in [-0.15, -0.1) is 0 Å². The molecule has 0 aromatic heterocycles. The third-order valence-corrected chi connectivity index (χ3v) is 3.85. The van der Waals surface area contributed by atoms with Crippen molar-refractivity contribution in [3.63, 3.8) is 0 Å². The number of rotatable bonds is 2. The van der Waals surface area contributed by atoms with E-state index in [1.807, 2.05) is 11.9 Å². The summed E-state index contributed by atoms with van der Waals surface area (Å²) in [7, 11) is 1.90. The Balaban J connectivity index is 2.00. The van der Waals surface area contributed by atoms with Gasteiger partial charge in [-0.2, -0.15) is 0 Å². The fourth-order valence-electron chi connectivity index (χ4n) is 2.72. The lowest BCUT2D eigenvalue weighted by Crippen LogP contribution is -2.49. The molecular formula is C12H22N2O2. The summed E-state index contributed by atoms with van der Waals surface area (Å²) in [6, 6.07) is 0.598. The lowest BCUT2D eigenvalue weighted by Gasteiger charge is -2.36. The molecule has 0 saturated carbocycles. The van der Waals surface area contributed by atoms with Crippen molar-refractivity contribution in [3.8, 4) is 0 Å². The van der Waals surface area contributed by atoms with E-state index in [9.17, 15) is 4.79 Å². The Hall–Kier alpha value is -0.610. The molecular weight excluding hydrogens is 204 g/mol. The molecule has 2 aliphatic rings. The number of carbonyl (C=O) groups excluding carboxylic acids is 1. The Morgan fingerprint density at radius 3 is 2.88 bits per heavy atom. The number of nitrogens with one attached hydrogen (secondary N) is 1. The zero-order chi connectivity index (χ0) is 11.5. The van der Waals surface area contributed by atoms with Crippen molar-refractivity contribution in [3.05, 3.63) is 0 Å². The number of likely N-dealkylation sites (N-methyl/N-ethyl adjacent to an activating group) is 1. The molecule has 0 aromatic rings. The summed E-state index contributed by atoms with van der Waals surface area (Å²) in [5.41, 5.74) is 0. The topological polar surface area (TPSA) is 41.6 Å². The lowest BCUT2D eigenvalue weighted by molar-refractivity contribution is -0.139. The van der Waals surface area contributed by atoms with E-state index in [1.165, 1.54) is 6.42 Å². The van der Waals surface area contributed by atoms with Crippen LogP contribution in [0.4, 0.5) is 0 Å². The molecule has 2 rings (SSSR count). The van der Waals surface area contributed by atoms with Crippen LogP contribution < -0.4 is 5.32 Å². The average molecular weight is 226 g/mol. The molecule has 1 amide bonds. The van der Waals surface area contributed by atoms with E-state index < -0.39 is 0 Å². The summed E-state index contributed by atoms with van der Waals surface area (Å²) in [5.74, 6) is 0.301. The summed E-state index contributed by atoms with van der Waals surface area (Å²) in [4.78, 5) is 14.4. The van der Waals surface area contributed by atoms with Crippen molar-refractivity contribution in [1.82, 2.24) is 10.2 Å². The minimum absolute atomic E-state index is 0.0190. The van der Waals surface area contributed by atoms with Crippen molar-refractivity contribution in [1.29, 1.82) is 0 Å². The van der Waals surface area contributed by atoms with Crippen LogP contribution in [0.5, 0.6) is 0 Å². The zero-order valence-corrected chi connectivity index (χ0v) is 10.2. The SMILES string of the molecule is CNC1COCC1C(=O)N1CCCCC1C. The fourth-order valence-corrected chi connectivity index (χ4v) is 2.72. The monoisotopic (exact) mass is 226 g/mol. The van der Waals surface area contributed by atoms with Gasteiger partial charge in [0.2, 0.25) is 5.91 Å². The van der Waals surface area contributed by atoms with Gasteiger partial charge < -0.3 is 15.0 Å². The van der Waals surface area contributed by atoms with Crippen molar-refractivity contribution < 1.29 is 9.53 Å². The van der Waals surface area contributed by atoms with Crippen LogP contribution in [0.25, 0.3) is 0 Å². The van der Waals surface area contributed by atoms with Gasteiger partial charge in [0.15, 0.2) is 0 Å². The van der Waals surface area contributed by atoms with Crippen LogP contribution in [0, 0.1) is 5.92 Å². The van der Waals surface area contributed by atoms with Crippen LogP contribution in [-0.4, -0.2) is 49.7 Å². The average Bonchev–Trinajstić information content (AvgIpc) is 2.77. The second-order valence-electron chi connectivity index (χ2n) is 4.92. The molecule has 0 spiro atoms. The predicted molar refractivity (Wildman–Crippen MR) is 62.2 cm³/mol. The van der Waals surface area contributed by atoms with Crippen LogP contribution in [0.1, 0.15) is 26.2 Å². The first-order valence-electron chi connectivity index (χ1n) is 6.29. The summed E-state index contributed by atoms with van der Waals surface area (Å²) in [6.45, 7) is 4.32. The molecule has 0 aliphatic carbocycles. The molecule has 4 nitrogen and oxygen atoms in total. The number of hydrogen-bond donors (Lipinski definition) is 1. The normalized spacial score (nSPS) is 35.4. The number of ether oxygens (including phenoxy) is 1. The first-order chi connectivity index (χ1) is 7.74. The molecule has 16 heavy (non-hydrogen) atoms. The van der Waals surface area contributed by atoms with Crippen molar-refractivity contribution >= 4 is 5.91 Å². The summed E-state index contributed by atoms with van der Waals surface area (Å²) < 4.78 is 5.40. The fraction of sp³-hybridized carbons (Fsp3) is 0.917. The van der Waals surface area contributed by atoms with E-state index in [2.05, 4.69) is 12.2 Å². The van der Waals surface area contributed by atoms with Gasteiger partial charge in [-0.05, 0) is 33.2 Å². The van der Waals surface area contributed by atoms with Gasteiger partial charge >= 0.3 is 0 Å². The maximum Gasteiger partial charge on any atom is 0.229 e. The summed E-state index contributed by atoms with van der Waals surface area (Å²) in [6.07, 6.45) is 3.54. The molecule has 0 bridgehead atoms. The highest BCUT2D eigenvalue weighted by atomic mass is 16.5. The number of carbonyl (C=O) groups is 1. The van der Waals surface area contributed by atoms with Crippen molar-refractivity contribution in [2.24, 2.45) is 5.92 Å². The minimum atomic E-state index is 0.0190. The first-order valence-corrected chi connectivity index (χ1v) is 6.29. The van der Waals surface area contributed by atoms with E-state index in [1.54, 1.807) is 0 Å². The van der Waals surface area contributed by atoms with Gasteiger partial charge in [0.1, 0.15) is 0 Å². The van der Waals surface area contributed by atoms with Crippen LogP contribution in [0.3, 0.4) is 0 Å². The third kappa shape index (κ3) is 2.23. The molecule has 3 atom stereocenters. The zero-order valence-electron chi connectivity index (χ0n) is 10.2. The highest BCUT2D eigenvalue weighted by Crippen LogP contribution is 2.22. The molecule has 2 heterocycles. The standard InChI is InChI=1S/C12H22N2O2/c1-9-5-3-4-6-14(9)12(15)10-7-16-8-11(10)13-2/h9-11,13H,3-8H2,1-2H3. The molecule has 2 aliphatic heterocycles. The van der Waals surface area contributed by atoms with Crippen LogP contribution >= 0.6 is 0 Å². The Kier molecular flexibility index (Phi) is 3.82. The van der Waals surface area contributed by atoms with Crippen LogP contribution in [0.2, 0.25) is 0 Å². The molecule has 4 heteroatoms. The van der Waals surface area contributed by atoms with Gasteiger partial charge in [-0.1, -0.05) is 0 Å². The number of likely N-dealkylation sites (tertiary alicyclic amines) is 1. The van der Waals surface area contributed by atoms with E-state index in [-0.39, 0.29) is 17.9 Å². The summed E-state index contributed by atoms with van der Waals surface area (Å²) in [5, 5.41) is 3.18. The number of nitrogens with zero attached hydrogens (tertiary/aromatic N) is 1. The Labute approximate surface area is 97.3 Å². The van der Waals surface area contributed by atoms with E-state index in [0.29, 0.717) is 19.3 Å². The first kappa shape index (κ1) is 11.9. The van der Waals surface area contributed by atoms with Crippen LogP contribution in [0.15, 0.2) is 0 Å². The highest BCUT2D eigenvalue weighted by Gasteiger charge is 2.37. The predicted octanol–water partition coefficient (Wildman–Crippen LogP) is 0.622. The van der Waals surface area contributed by atoms with Gasteiger partial charge in [-0.25, -0.2) is 0 Å². The van der Waals surface area contributed by atoms with Crippen LogP contribution in [-0.2, 0) is 9.53 Å². The van der Waals surface area contributed by atoms with Gasteiger partial charge in [0.05, 0.1) is 19.1 Å². The summed E-state index contributed by atoms with van der Waals surface area (Å²) >= 11 is 0. The smallest absolute Gasteiger partial charge is 0.229 e. The van der Waals surface area contributed by atoms with E-state index in [0.717, 1.165) is 19.4 Å². The molecule has 2 saturated heterocycles. The lowest BCUT2D eigenvalue weighted by atomic mass is 9.97. The number of piperidine rings is 1. The Morgan fingerprint density at radius 2 is 2.19 bits per heavy atom. The Bertz CT molecular complexity index is 253. The number of hydrogen-bond acceptors (Lipinski definition) is 3. The molecule has 2 fully saturated rings. The second-order valence-corrected chi connectivity index (χ2v) is 4.92. The minimum Gasteiger partial charge on any atom is -0.379 e. The third-order valence-electron chi connectivity index (χ3n) is 3.85. The quantitative estimate of drug-likeness (QED) is 0.750. The van der Waals surface area contributed by atoms with Crippen molar-refractivity contribution in [2.45, 2.75) is 38.3 Å². The van der Waals surface area contributed by atoms with Gasteiger partial charge in [-0.3, -0.25) is 4.79 Å². The second kappa shape index (κ2) is 5.15. The molecule has 1 N–H and O–H groups in total. The van der Waals surface area contributed by atoms with Gasteiger partial charge in [0, 0.05) is 18.6 Å². The van der Waals surface area contributed by atoms with Crippen molar-refractivity contribution in [2.75, 3.05) is 26.8 Å². The molecule has 92 valence electrons. The maximum atomic E-state index is 12.4. The molecule has 0 radical (unpaired) electrons. The van der Waals surface area contributed by atoms with Gasteiger partial charge in [0.25, 0.3) is 0 Å².